The Morgan fingerprint density at radius 3 is 2.92 bits per heavy atom. The number of hydrogen-bond acceptors (Lipinski definition) is 2. The fraction of sp³-hybridized carbons (Fsp3) is 0.444. The fourth-order valence-electron chi connectivity index (χ4n) is 1.74. The van der Waals surface area contributed by atoms with Gasteiger partial charge < -0.3 is 11.1 Å². The van der Waals surface area contributed by atoms with Crippen LogP contribution in [-0.2, 0) is 0 Å². The maximum Gasteiger partial charge on any atom is 0.313 e. The molecule has 1 aliphatic carbocycles. The molecule has 2 rings (SSSR count). The van der Waals surface area contributed by atoms with Crippen LogP contribution in [0.4, 0.5) is 4.79 Å². The lowest BCUT2D eigenvalue weighted by atomic mass is 9.97. The first-order valence-electron chi connectivity index (χ1n) is 4.32. The molecule has 1 aliphatic heterocycles. The molecule has 1 heterocycles. The van der Waals surface area contributed by atoms with E-state index >= 15 is 0 Å². The van der Waals surface area contributed by atoms with E-state index < -0.39 is 6.03 Å². The average Bonchev–Trinajstić information content (AvgIpc) is 2.44. The molecular weight excluding hydrogens is 184 g/mol. The number of thioether (sulfide) groups is 1. The van der Waals surface area contributed by atoms with Gasteiger partial charge in [0.1, 0.15) is 0 Å². The Morgan fingerprint density at radius 1 is 1.46 bits per heavy atom. The Kier molecular flexibility index (Phi) is 2.31. The van der Waals surface area contributed by atoms with E-state index in [1.807, 2.05) is 0 Å². The SMILES string of the molecule is NC(=O)NC1CC2C=CC=CC2S1. The first-order valence-corrected chi connectivity index (χ1v) is 5.26. The lowest BCUT2D eigenvalue weighted by Crippen LogP contribution is -2.35. The van der Waals surface area contributed by atoms with Crippen LogP contribution in [0.25, 0.3) is 0 Å². The van der Waals surface area contributed by atoms with E-state index in [1.54, 1.807) is 11.8 Å². The number of primary amides is 1. The summed E-state index contributed by atoms with van der Waals surface area (Å²) in [6.07, 6.45) is 9.48. The molecule has 0 aromatic rings. The van der Waals surface area contributed by atoms with Crippen molar-refractivity contribution in [2.24, 2.45) is 11.7 Å². The van der Waals surface area contributed by atoms with E-state index in [4.69, 9.17) is 5.73 Å². The molecule has 3 unspecified atom stereocenters. The van der Waals surface area contributed by atoms with Gasteiger partial charge in [-0.05, 0) is 12.3 Å². The standard InChI is InChI=1S/C9H12N2OS/c10-9(12)11-8-5-6-3-1-2-4-7(6)13-8/h1-4,6-8H,5H2,(H3,10,11,12). The van der Waals surface area contributed by atoms with Gasteiger partial charge in [0.05, 0.1) is 5.37 Å². The number of carbonyl (C=O) groups is 1. The summed E-state index contributed by atoms with van der Waals surface area (Å²) < 4.78 is 0. The monoisotopic (exact) mass is 196 g/mol. The van der Waals surface area contributed by atoms with Crippen molar-refractivity contribution in [2.75, 3.05) is 0 Å². The topological polar surface area (TPSA) is 55.1 Å². The quantitative estimate of drug-likeness (QED) is 0.662. The zero-order valence-electron chi connectivity index (χ0n) is 7.14. The van der Waals surface area contributed by atoms with Gasteiger partial charge in [-0.2, -0.15) is 0 Å². The molecule has 3 nitrogen and oxygen atoms in total. The maximum atomic E-state index is 10.6. The minimum Gasteiger partial charge on any atom is -0.352 e. The first-order chi connectivity index (χ1) is 6.25. The Labute approximate surface area is 81.4 Å². The normalized spacial score (nSPS) is 35.8. The fourth-order valence-corrected chi connectivity index (χ4v) is 3.22. The molecule has 13 heavy (non-hydrogen) atoms. The summed E-state index contributed by atoms with van der Waals surface area (Å²) in [4.78, 5) is 10.6. The minimum atomic E-state index is -0.427. The van der Waals surface area contributed by atoms with Gasteiger partial charge in [-0.3, -0.25) is 0 Å². The van der Waals surface area contributed by atoms with Crippen molar-refractivity contribution in [2.45, 2.75) is 17.0 Å². The molecule has 2 amide bonds. The summed E-state index contributed by atoms with van der Waals surface area (Å²) in [5.41, 5.74) is 5.06. The van der Waals surface area contributed by atoms with Crippen LogP contribution in [-0.4, -0.2) is 16.7 Å². The summed E-state index contributed by atoms with van der Waals surface area (Å²) in [5.74, 6) is 0.562. The Morgan fingerprint density at radius 2 is 2.23 bits per heavy atom. The summed E-state index contributed by atoms with van der Waals surface area (Å²) in [7, 11) is 0. The second kappa shape index (κ2) is 3.46. The zero-order valence-corrected chi connectivity index (χ0v) is 7.96. The number of carbonyl (C=O) groups excluding carboxylic acids is 1. The number of hydrogen-bond donors (Lipinski definition) is 2. The van der Waals surface area contributed by atoms with Crippen LogP contribution in [0.2, 0.25) is 0 Å². The Bertz CT molecular complexity index is 255. The largest absolute Gasteiger partial charge is 0.352 e. The molecule has 70 valence electrons. The van der Waals surface area contributed by atoms with E-state index in [1.165, 1.54) is 0 Å². The van der Waals surface area contributed by atoms with Crippen LogP contribution in [0.1, 0.15) is 6.42 Å². The number of rotatable bonds is 1. The lowest BCUT2D eigenvalue weighted by molar-refractivity contribution is 0.248. The molecule has 0 radical (unpaired) electrons. The predicted molar refractivity (Wildman–Crippen MR) is 54.3 cm³/mol. The number of nitrogens with two attached hydrogens (primary N) is 1. The van der Waals surface area contributed by atoms with Crippen molar-refractivity contribution in [1.82, 2.24) is 5.32 Å². The van der Waals surface area contributed by atoms with Crippen molar-refractivity contribution >= 4 is 17.8 Å². The molecule has 1 fully saturated rings. The van der Waals surface area contributed by atoms with Gasteiger partial charge in [-0.25, -0.2) is 4.79 Å². The molecule has 3 N–H and O–H groups in total. The number of allylic oxidation sites excluding steroid dienone is 3. The minimum absolute atomic E-state index is 0.180. The van der Waals surface area contributed by atoms with Gasteiger partial charge in [0.25, 0.3) is 0 Å². The third-order valence-corrected chi connectivity index (χ3v) is 3.76. The number of urea groups is 1. The lowest BCUT2D eigenvalue weighted by Gasteiger charge is -2.12. The highest BCUT2D eigenvalue weighted by Gasteiger charge is 2.32. The molecular formula is C9H12N2OS. The van der Waals surface area contributed by atoms with Crippen LogP contribution in [0.5, 0.6) is 0 Å². The summed E-state index contributed by atoms with van der Waals surface area (Å²) in [6.45, 7) is 0. The van der Waals surface area contributed by atoms with E-state index in [2.05, 4.69) is 29.6 Å². The molecule has 0 saturated carbocycles. The number of amides is 2. The summed E-state index contributed by atoms with van der Waals surface area (Å²) >= 11 is 1.77. The molecule has 0 aromatic heterocycles. The van der Waals surface area contributed by atoms with E-state index in [-0.39, 0.29) is 5.37 Å². The Balaban J connectivity index is 1.96. The van der Waals surface area contributed by atoms with Crippen molar-refractivity contribution in [1.29, 1.82) is 0 Å². The molecule has 2 aliphatic rings. The van der Waals surface area contributed by atoms with Crippen LogP contribution < -0.4 is 11.1 Å². The Hall–Kier alpha value is -0.900. The molecule has 0 bridgehead atoms. The highest BCUT2D eigenvalue weighted by molar-refractivity contribution is 8.00. The molecule has 0 spiro atoms. The van der Waals surface area contributed by atoms with Crippen molar-refractivity contribution in [3.8, 4) is 0 Å². The second-order valence-electron chi connectivity index (χ2n) is 3.27. The van der Waals surface area contributed by atoms with Crippen molar-refractivity contribution < 1.29 is 4.79 Å². The third-order valence-electron chi connectivity index (χ3n) is 2.30. The van der Waals surface area contributed by atoms with Gasteiger partial charge in [0.15, 0.2) is 0 Å². The average molecular weight is 196 g/mol. The predicted octanol–water partition coefficient (Wildman–Crippen LogP) is 1.23. The molecule has 0 aromatic carbocycles. The third kappa shape index (κ3) is 1.88. The van der Waals surface area contributed by atoms with Crippen molar-refractivity contribution in [3.05, 3.63) is 24.3 Å². The number of fused-ring (bicyclic) bond motifs is 1. The number of nitrogens with one attached hydrogen (secondary N) is 1. The van der Waals surface area contributed by atoms with E-state index in [9.17, 15) is 4.79 Å². The van der Waals surface area contributed by atoms with Gasteiger partial charge in [0.2, 0.25) is 0 Å². The molecule has 3 atom stereocenters. The zero-order chi connectivity index (χ0) is 9.26. The van der Waals surface area contributed by atoms with Crippen LogP contribution in [0.15, 0.2) is 24.3 Å². The van der Waals surface area contributed by atoms with Gasteiger partial charge in [0, 0.05) is 5.25 Å². The van der Waals surface area contributed by atoms with E-state index in [0.29, 0.717) is 11.2 Å². The maximum absolute atomic E-state index is 10.6. The second-order valence-corrected chi connectivity index (χ2v) is 4.65. The summed E-state index contributed by atoms with van der Waals surface area (Å²) in [6, 6.07) is -0.427. The highest BCUT2D eigenvalue weighted by Crippen LogP contribution is 2.40. The first kappa shape index (κ1) is 8.69. The smallest absolute Gasteiger partial charge is 0.313 e. The molecule has 4 heteroatoms. The van der Waals surface area contributed by atoms with Crippen LogP contribution >= 0.6 is 11.8 Å². The van der Waals surface area contributed by atoms with E-state index in [0.717, 1.165) is 6.42 Å². The summed E-state index contributed by atoms with van der Waals surface area (Å²) in [5, 5.41) is 3.43. The van der Waals surface area contributed by atoms with Gasteiger partial charge in [-0.15, -0.1) is 11.8 Å². The van der Waals surface area contributed by atoms with Crippen molar-refractivity contribution in [3.63, 3.8) is 0 Å². The highest BCUT2D eigenvalue weighted by atomic mass is 32.2. The van der Waals surface area contributed by atoms with Crippen LogP contribution in [0.3, 0.4) is 0 Å². The van der Waals surface area contributed by atoms with Crippen LogP contribution in [0, 0.1) is 5.92 Å². The van der Waals surface area contributed by atoms with Gasteiger partial charge >= 0.3 is 6.03 Å². The molecule has 1 saturated heterocycles. The van der Waals surface area contributed by atoms with Gasteiger partial charge in [-0.1, -0.05) is 24.3 Å².